The first-order valence-electron chi connectivity index (χ1n) is 2.48. The van der Waals surface area contributed by atoms with Crippen molar-refractivity contribution in [1.82, 2.24) is 0 Å². The molecule has 0 aliphatic carbocycles. The fraction of sp³-hybridized carbons (Fsp3) is 0.400. The molecule has 0 spiro atoms. The Bertz CT molecular complexity index is 176. The van der Waals surface area contributed by atoms with E-state index >= 15 is 0 Å². The third kappa shape index (κ3) is 7.02. The zero-order valence-electron chi connectivity index (χ0n) is 5.31. The van der Waals surface area contributed by atoms with E-state index in [0.29, 0.717) is 0 Å². The van der Waals surface area contributed by atoms with Gasteiger partial charge in [0.1, 0.15) is 5.97 Å². The number of ketones is 1. The van der Waals surface area contributed by atoms with Crippen LogP contribution < -0.4 is 10.2 Å². The molecule has 5 nitrogen and oxygen atoms in total. The Morgan fingerprint density at radius 1 is 1.00 bits per heavy atom. The molecule has 6 heteroatoms. The van der Waals surface area contributed by atoms with Crippen LogP contribution in [0.1, 0.15) is 12.8 Å². The first-order valence-corrected chi connectivity index (χ1v) is 2.48. The predicted octanol–water partition coefficient (Wildman–Crippen LogP) is -3.17. The van der Waals surface area contributed by atoms with Gasteiger partial charge in [0.15, 0.2) is 5.78 Å². The molecule has 0 aromatic carbocycles. The van der Waals surface area contributed by atoms with Crippen molar-refractivity contribution in [2.45, 2.75) is 12.8 Å². The van der Waals surface area contributed by atoms with Crippen LogP contribution in [0.3, 0.4) is 0 Å². The molecule has 0 aromatic heterocycles. The van der Waals surface area contributed by atoms with E-state index in [1.165, 1.54) is 0 Å². The summed E-state index contributed by atoms with van der Waals surface area (Å²) < 4.78 is 0. The van der Waals surface area contributed by atoms with Crippen LogP contribution in [-0.4, -0.2) is 17.7 Å². The van der Waals surface area contributed by atoms with Gasteiger partial charge in [-0.2, -0.15) is 0 Å². The van der Waals surface area contributed by atoms with Gasteiger partial charge in [0.05, 0.1) is 0 Å². The van der Waals surface area contributed by atoms with Gasteiger partial charge in [-0.15, -0.1) is 0 Å². The number of rotatable bonds is 4. The Kier molecular flexibility index (Phi) is 6.83. The predicted molar refractivity (Wildman–Crippen MR) is 24.3 cm³/mol. The zero-order chi connectivity index (χ0) is 8.15. The van der Waals surface area contributed by atoms with Crippen molar-refractivity contribution in [1.29, 1.82) is 0 Å². The van der Waals surface area contributed by atoms with Gasteiger partial charge in [0.25, 0.3) is 0 Å². The molecule has 0 saturated carbocycles. The van der Waals surface area contributed by atoms with Crippen molar-refractivity contribution in [3.8, 4) is 0 Å². The van der Waals surface area contributed by atoms with E-state index in [1.54, 1.807) is 0 Å². The van der Waals surface area contributed by atoms with Crippen molar-refractivity contribution in [2.75, 3.05) is 0 Å². The van der Waals surface area contributed by atoms with Crippen molar-refractivity contribution in [3.05, 3.63) is 0 Å². The summed E-state index contributed by atoms with van der Waals surface area (Å²) in [4.78, 5) is 29.4. The number of carboxylic acid groups (broad SMARTS) is 2. The van der Waals surface area contributed by atoms with Crippen molar-refractivity contribution < 1.29 is 41.7 Å². The maximum atomic E-state index is 10.1. The molecule has 0 unspecified atom stereocenters. The molecule has 0 amide bonds. The van der Waals surface area contributed by atoms with Crippen LogP contribution in [0, 0.1) is 0 Å². The second-order valence-electron chi connectivity index (χ2n) is 1.58. The average Bonchev–Trinajstić information content (AvgIpc) is 1.82. The maximum Gasteiger partial charge on any atom is 2.00 e. The first-order chi connectivity index (χ1) is 4.54. The van der Waals surface area contributed by atoms with Gasteiger partial charge in [-0.1, -0.05) is 0 Å². The van der Waals surface area contributed by atoms with Crippen LogP contribution in [0.5, 0.6) is 0 Å². The summed E-state index contributed by atoms with van der Waals surface area (Å²) in [6, 6.07) is 0. The third-order valence-electron chi connectivity index (χ3n) is 0.784. The normalized spacial score (nSPS) is 8.00. The summed E-state index contributed by atoms with van der Waals surface area (Å²) >= 11 is 0. The second-order valence-corrected chi connectivity index (χ2v) is 1.58. The minimum Gasteiger partial charge on any atom is -0.550 e. The molecule has 0 fully saturated rings. The zero-order valence-corrected chi connectivity index (χ0v) is 6.41. The second kappa shape index (κ2) is 5.88. The van der Waals surface area contributed by atoms with Crippen LogP contribution in [0.2, 0.25) is 0 Å². The number of hydrogen-bond acceptors (Lipinski definition) is 5. The summed E-state index contributed by atoms with van der Waals surface area (Å²) in [7, 11) is 0. The number of aliphatic carboxylic acids is 2. The summed E-state index contributed by atoms with van der Waals surface area (Å²) in [6.07, 6.45) is -1.14. The van der Waals surface area contributed by atoms with E-state index in [2.05, 4.69) is 0 Å². The Labute approximate surface area is 72.9 Å². The topological polar surface area (TPSA) is 97.3 Å². The molecule has 0 aliphatic rings. The molecule has 0 radical (unpaired) electrons. The van der Waals surface area contributed by atoms with Crippen molar-refractivity contribution in [3.63, 3.8) is 0 Å². The minimum absolute atomic E-state index is 0. The van der Waals surface area contributed by atoms with E-state index in [9.17, 15) is 24.6 Å². The van der Waals surface area contributed by atoms with Gasteiger partial charge in [-0.05, 0) is 6.42 Å². The number of carbonyl (C=O) groups is 3. The van der Waals surface area contributed by atoms with Crippen LogP contribution in [-0.2, 0) is 31.5 Å². The maximum absolute atomic E-state index is 10.1. The molecule has 0 aromatic rings. The Morgan fingerprint density at radius 3 is 1.73 bits per heavy atom. The molecule has 0 N–H and O–H groups in total. The summed E-state index contributed by atoms with van der Waals surface area (Å²) in [5, 5.41) is 19.3. The van der Waals surface area contributed by atoms with Gasteiger partial charge in [-0.3, -0.25) is 4.79 Å². The number of hydrogen-bond donors (Lipinski definition) is 0. The summed E-state index contributed by atoms with van der Waals surface area (Å²) in [6.45, 7) is 0. The molecule has 0 aliphatic heterocycles. The van der Waals surface area contributed by atoms with Crippen molar-refractivity contribution in [2.24, 2.45) is 0 Å². The van der Waals surface area contributed by atoms with Crippen LogP contribution in [0.15, 0.2) is 0 Å². The average molecular weight is 200 g/mol. The van der Waals surface area contributed by atoms with Gasteiger partial charge in [0.2, 0.25) is 0 Å². The van der Waals surface area contributed by atoms with Gasteiger partial charge < -0.3 is 19.8 Å². The Hall–Kier alpha value is -0.871. The van der Waals surface area contributed by atoms with E-state index in [-0.39, 0.29) is 17.1 Å². The molecule has 0 heterocycles. The van der Waals surface area contributed by atoms with E-state index in [1.807, 2.05) is 0 Å². The molecule has 0 rings (SSSR count). The van der Waals surface area contributed by atoms with E-state index in [0.717, 1.165) is 0 Å². The van der Waals surface area contributed by atoms with Crippen LogP contribution in [0.4, 0.5) is 0 Å². The third-order valence-corrected chi connectivity index (χ3v) is 0.784. The van der Waals surface area contributed by atoms with E-state index < -0.39 is 30.6 Å². The largest absolute Gasteiger partial charge is 2.00 e. The smallest absolute Gasteiger partial charge is 0.550 e. The fourth-order valence-corrected chi connectivity index (χ4v) is 0.318. The quantitative estimate of drug-likeness (QED) is 0.352. The Morgan fingerprint density at radius 2 is 1.45 bits per heavy atom. The molecule has 62 valence electrons. The molecule has 0 bridgehead atoms. The first kappa shape index (κ1) is 12.8. The minimum atomic E-state index is -1.86. The number of Topliss-reactive ketones (excluding diaryl/α,β-unsaturated/α-hetero) is 1. The monoisotopic (exact) mass is 200 g/mol. The van der Waals surface area contributed by atoms with Crippen LogP contribution in [0.25, 0.3) is 0 Å². The molecule has 0 saturated heterocycles. The van der Waals surface area contributed by atoms with E-state index in [4.69, 9.17) is 0 Å². The molecular formula is C5H4FeO5. The number of carboxylic acids is 2. The van der Waals surface area contributed by atoms with Gasteiger partial charge in [-0.25, -0.2) is 0 Å². The summed E-state index contributed by atoms with van der Waals surface area (Å²) in [5.41, 5.74) is 0. The summed E-state index contributed by atoms with van der Waals surface area (Å²) in [5.74, 6) is -4.53. The Balaban J connectivity index is 0. The van der Waals surface area contributed by atoms with Gasteiger partial charge in [0, 0.05) is 12.4 Å². The number of carbonyl (C=O) groups excluding carboxylic acids is 3. The van der Waals surface area contributed by atoms with Gasteiger partial charge >= 0.3 is 17.1 Å². The van der Waals surface area contributed by atoms with Crippen molar-refractivity contribution >= 4 is 17.7 Å². The fourth-order valence-electron chi connectivity index (χ4n) is 0.318. The SMILES string of the molecule is O=C([O-])CCC(=O)C(=O)[O-].[Fe+2]. The van der Waals surface area contributed by atoms with Crippen LogP contribution >= 0.6 is 0 Å². The molecule has 0 atom stereocenters. The molecule has 11 heavy (non-hydrogen) atoms. The standard InChI is InChI=1S/C5H6O5.Fe/c6-3(5(9)10)1-2-4(7)8;/h1-2H2,(H,7,8)(H,9,10);/q;+2/p-2. The molecular weight excluding hydrogens is 196 g/mol.